The second-order valence-corrected chi connectivity index (χ2v) is 2.25. The number of nitrogens with two attached hydrogens (primary N) is 1. The highest BCUT2D eigenvalue weighted by atomic mass is 16.5. The minimum Gasteiger partial charge on any atom is -0.465 e. The Morgan fingerprint density at radius 3 is 2.73 bits per heavy atom. The number of ether oxygens (including phenoxy) is 1. The quantitative estimate of drug-likeness (QED) is 0.585. The minimum atomic E-state index is -0.402. The van der Waals surface area contributed by atoms with E-state index in [0.717, 1.165) is 5.56 Å². The van der Waals surface area contributed by atoms with Crippen LogP contribution in [0.2, 0.25) is 0 Å². The number of aryl methyl sites for hydroxylation is 1. The van der Waals surface area contributed by atoms with Gasteiger partial charge in [0.05, 0.1) is 7.11 Å². The van der Waals surface area contributed by atoms with Crippen molar-refractivity contribution in [2.45, 2.75) is 6.92 Å². The lowest BCUT2D eigenvalue weighted by Crippen LogP contribution is -2.04. The first-order valence-corrected chi connectivity index (χ1v) is 3.18. The molecule has 0 bridgehead atoms. The number of carbonyl (C=O) groups excluding carboxylic acids is 1. The van der Waals surface area contributed by atoms with Crippen LogP contribution in [0.3, 0.4) is 0 Å². The maximum Gasteiger partial charge on any atom is 0.341 e. The van der Waals surface area contributed by atoms with Gasteiger partial charge in [-0.05, 0) is 12.5 Å². The fourth-order valence-electron chi connectivity index (χ4n) is 0.916. The Morgan fingerprint density at radius 1 is 1.73 bits per heavy atom. The van der Waals surface area contributed by atoms with Gasteiger partial charge in [-0.1, -0.05) is 0 Å². The summed E-state index contributed by atoms with van der Waals surface area (Å²) in [5.41, 5.74) is 6.69. The second-order valence-electron chi connectivity index (χ2n) is 2.25. The topological polar surface area (TPSA) is 68.1 Å². The van der Waals surface area contributed by atoms with E-state index in [9.17, 15) is 4.79 Å². The average molecular weight is 154 g/mol. The number of hydrogen-bond donors (Lipinski definition) is 2. The summed E-state index contributed by atoms with van der Waals surface area (Å²) >= 11 is 0. The first kappa shape index (κ1) is 7.65. The number of rotatable bonds is 1. The Labute approximate surface area is 64.4 Å². The molecule has 0 aliphatic carbocycles. The van der Waals surface area contributed by atoms with Gasteiger partial charge in [0.1, 0.15) is 11.4 Å². The van der Waals surface area contributed by atoms with Crippen molar-refractivity contribution >= 4 is 11.8 Å². The third-order valence-corrected chi connectivity index (χ3v) is 1.50. The zero-order valence-corrected chi connectivity index (χ0v) is 6.47. The molecule has 1 aromatic rings. The average Bonchev–Trinajstić information content (AvgIpc) is 2.30. The van der Waals surface area contributed by atoms with E-state index in [1.807, 2.05) is 0 Å². The van der Waals surface area contributed by atoms with Crippen LogP contribution in [0, 0.1) is 6.92 Å². The van der Waals surface area contributed by atoms with Crippen LogP contribution in [-0.4, -0.2) is 18.1 Å². The van der Waals surface area contributed by atoms with E-state index in [1.54, 1.807) is 13.1 Å². The fourth-order valence-corrected chi connectivity index (χ4v) is 0.916. The number of aromatic amines is 1. The molecule has 4 heteroatoms. The molecule has 0 aliphatic heterocycles. The smallest absolute Gasteiger partial charge is 0.341 e. The van der Waals surface area contributed by atoms with E-state index in [1.165, 1.54) is 7.11 Å². The van der Waals surface area contributed by atoms with E-state index in [4.69, 9.17) is 5.73 Å². The number of methoxy groups -OCH3 is 1. The number of hydrogen-bond acceptors (Lipinski definition) is 3. The van der Waals surface area contributed by atoms with Crippen molar-refractivity contribution in [1.29, 1.82) is 0 Å². The van der Waals surface area contributed by atoms with Crippen molar-refractivity contribution in [3.05, 3.63) is 17.3 Å². The normalized spacial score (nSPS) is 9.64. The molecule has 1 aromatic heterocycles. The summed E-state index contributed by atoms with van der Waals surface area (Å²) in [6.45, 7) is 1.79. The van der Waals surface area contributed by atoms with E-state index in [-0.39, 0.29) is 0 Å². The van der Waals surface area contributed by atoms with Crippen molar-refractivity contribution in [2.24, 2.45) is 0 Å². The molecule has 3 N–H and O–H groups in total. The minimum absolute atomic E-state index is 0.356. The number of aromatic nitrogens is 1. The molecule has 0 amide bonds. The first-order chi connectivity index (χ1) is 5.16. The molecule has 0 spiro atoms. The summed E-state index contributed by atoms with van der Waals surface area (Å²) in [4.78, 5) is 13.7. The Morgan fingerprint density at radius 2 is 2.36 bits per heavy atom. The Balaban J connectivity index is 3.10. The number of esters is 1. The van der Waals surface area contributed by atoms with E-state index >= 15 is 0 Å². The molecule has 60 valence electrons. The second kappa shape index (κ2) is 2.65. The summed E-state index contributed by atoms with van der Waals surface area (Å²) < 4.78 is 4.52. The van der Waals surface area contributed by atoms with Gasteiger partial charge in [0.15, 0.2) is 0 Å². The van der Waals surface area contributed by atoms with Crippen molar-refractivity contribution in [3.63, 3.8) is 0 Å². The van der Waals surface area contributed by atoms with Crippen LogP contribution in [0.5, 0.6) is 0 Å². The van der Waals surface area contributed by atoms with Crippen LogP contribution < -0.4 is 5.73 Å². The van der Waals surface area contributed by atoms with Gasteiger partial charge in [-0.15, -0.1) is 0 Å². The molecule has 1 rings (SSSR count). The van der Waals surface area contributed by atoms with Crippen LogP contribution in [0.1, 0.15) is 15.9 Å². The van der Waals surface area contributed by atoms with Crippen molar-refractivity contribution in [3.8, 4) is 0 Å². The largest absolute Gasteiger partial charge is 0.465 e. The third-order valence-electron chi connectivity index (χ3n) is 1.50. The van der Waals surface area contributed by atoms with Crippen LogP contribution in [0.4, 0.5) is 5.82 Å². The summed E-state index contributed by atoms with van der Waals surface area (Å²) in [6.07, 6.45) is 1.67. The first-order valence-electron chi connectivity index (χ1n) is 3.18. The molecule has 11 heavy (non-hydrogen) atoms. The molecule has 0 fully saturated rings. The van der Waals surface area contributed by atoms with Gasteiger partial charge in [-0.25, -0.2) is 4.79 Å². The summed E-state index contributed by atoms with van der Waals surface area (Å²) in [5.74, 6) is -0.0457. The Kier molecular flexibility index (Phi) is 1.85. The van der Waals surface area contributed by atoms with Gasteiger partial charge >= 0.3 is 5.97 Å². The third kappa shape index (κ3) is 1.19. The van der Waals surface area contributed by atoms with Gasteiger partial charge < -0.3 is 15.5 Å². The lowest BCUT2D eigenvalue weighted by atomic mass is 10.2. The molecular weight excluding hydrogens is 144 g/mol. The van der Waals surface area contributed by atoms with Crippen LogP contribution in [-0.2, 0) is 4.74 Å². The van der Waals surface area contributed by atoms with Crippen LogP contribution >= 0.6 is 0 Å². The number of nitrogen functional groups attached to an aromatic ring is 1. The van der Waals surface area contributed by atoms with Gasteiger partial charge in [0.2, 0.25) is 0 Å². The number of H-pyrrole nitrogens is 1. The van der Waals surface area contributed by atoms with E-state index in [0.29, 0.717) is 11.4 Å². The predicted molar refractivity (Wildman–Crippen MR) is 41.3 cm³/mol. The maximum atomic E-state index is 11.0. The van der Waals surface area contributed by atoms with Crippen molar-refractivity contribution in [2.75, 3.05) is 12.8 Å². The van der Waals surface area contributed by atoms with Gasteiger partial charge in [-0.3, -0.25) is 0 Å². The van der Waals surface area contributed by atoms with Crippen molar-refractivity contribution < 1.29 is 9.53 Å². The molecule has 0 aromatic carbocycles. The van der Waals surface area contributed by atoms with Crippen LogP contribution in [0.15, 0.2) is 6.20 Å². The van der Waals surface area contributed by atoms with Gasteiger partial charge in [0, 0.05) is 6.20 Å². The Hall–Kier alpha value is -1.45. The van der Waals surface area contributed by atoms with Crippen LogP contribution in [0.25, 0.3) is 0 Å². The molecule has 0 unspecified atom stereocenters. The fraction of sp³-hybridized carbons (Fsp3) is 0.286. The van der Waals surface area contributed by atoms with E-state index in [2.05, 4.69) is 9.72 Å². The summed E-state index contributed by atoms with van der Waals surface area (Å²) in [6, 6.07) is 0. The highest BCUT2D eigenvalue weighted by molar-refractivity contribution is 5.95. The SMILES string of the molecule is COC(=O)c1c(C)c[nH]c1N. The van der Waals surface area contributed by atoms with Crippen molar-refractivity contribution in [1.82, 2.24) is 4.98 Å². The Bertz CT molecular complexity index is 258. The highest BCUT2D eigenvalue weighted by Crippen LogP contribution is 2.15. The number of nitrogens with one attached hydrogen (secondary N) is 1. The summed E-state index contributed by atoms with van der Waals surface area (Å²) in [5, 5.41) is 0. The monoisotopic (exact) mass is 154 g/mol. The summed E-state index contributed by atoms with van der Waals surface area (Å²) in [7, 11) is 1.33. The highest BCUT2D eigenvalue weighted by Gasteiger charge is 2.13. The molecule has 0 saturated heterocycles. The predicted octanol–water partition coefficient (Wildman–Crippen LogP) is 0.692. The molecular formula is C7H10N2O2. The molecule has 0 radical (unpaired) electrons. The lowest BCUT2D eigenvalue weighted by molar-refractivity contribution is 0.0601. The zero-order chi connectivity index (χ0) is 8.43. The number of carbonyl (C=O) groups is 1. The lowest BCUT2D eigenvalue weighted by Gasteiger charge is -1.97. The zero-order valence-electron chi connectivity index (χ0n) is 6.47. The standard InChI is InChI=1S/C7H10N2O2/c1-4-3-9-6(8)5(4)7(10)11-2/h3,9H,8H2,1-2H3. The van der Waals surface area contributed by atoms with Gasteiger partial charge in [-0.2, -0.15) is 0 Å². The molecule has 0 atom stereocenters. The number of anilines is 1. The maximum absolute atomic E-state index is 11.0. The molecule has 0 saturated carbocycles. The molecule has 1 heterocycles. The molecule has 0 aliphatic rings. The molecule has 4 nitrogen and oxygen atoms in total. The van der Waals surface area contributed by atoms with Gasteiger partial charge in [0.25, 0.3) is 0 Å². The van der Waals surface area contributed by atoms with E-state index < -0.39 is 5.97 Å².